The minimum Gasteiger partial charge on any atom is -0.342 e. The van der Waals surface area contributed by atoms with Crippen LogP contribution >= 0.6 is 0 Å². The average Bonchev–Trinajstić information content (AvgIpc) is 3.55. The van der Waals surface area contributed by atoms with E-state index in [9.17, 15) is 35.9 Å². The molecule has 3 amide bonds. The summed E-state index contributed by atoms with van der Waals surface area (Å²) in [7, 11) is 0. The van der Waals surface area contributed by atoms with Gasteiger partial charge in [-0.15, -0.1) is 0 Å². The Kier molecular flexibility index (Phi) is 7.76. The molecular weight excluding hydrogens is 566 g/mol. The number of ether oxygens (including phenoxy) is 1. The molecule has 5 rings (SSSR count). The Morgan fingerprint density at radius 3 is 2.68 bits per heavy atom. The average molecular weight is 590 g/mol. The highest BCUT2D eigenvalue weighted by molar-refractivity contribution is 5.93. The summed E-state index contributed by atoms with van der Waals surface area (Å²) < 4.78 is 90.4. The second-order valence-electron chi connectivity index (χ2n) is 9.98. The minimum atomic E-state index is -3.13. The van der Waals surface area contributed by atoms with Gasteiger partial charge < -0.3 is 20.3 Å². The zero-order valence-electron chi connectivity index (χ0n) is 21.2. The van der Waals surface area contributed by atoms with Crippen molar-refractivity contribution >= 4 is 17.6 Å². The third-order valence-electron chi connectivity index (χ3n) is 6.93. The van der Waals surface area contributed by atoms with Gasteiger partial charge in [-0.3, -0.25) is 4.79 Å². The van der Waals surface area contributed by atoms with Crippen molar-refractivity contribution < 1.29 is 45.3 Å². The third kappa shape index (κ3) is 6.68. The van der Waals surface area contributed by atoms with E-state index < -0.39 is 80.6 Å². The summed E-state index contributed by atoms with van der Waals surface area (Å²) in [6, 6.07) is -0.0561. The summed E-state index contributed by atoms with van der Waals surface area (Å²) in [5, 5.41) is 15.9. The number of hydrogen-bond acceptors (Lipinski definition) is 8. The fourth-order valence-corrected chi connectivity index (χ4v) is 4.90. The number of alkyl halides is 6. The molecule has 0 spiro atoms. The first kappa shape index (κ1) is 28.6. The Morgan fingerprint density at radius 2 is 1.95 bits per heavy atom. The summed E-state index contributed by atoms with van der Waals surface area (Å²) in [5.41, 5.74) is 0.194. The summed E-state index contributed by atoms with van der Waals surface area (Å²) >= 11 is 0. The van der Waals surface area contributed by atoms with Gasteiger partial charge in [-0.2, -0.15) is 13.9 Å². The molecule has 4 heterocycles. The number of rotatable bonds is 9. The van der Waals surface area contributed by atoms with E-state index in [4.69, 9.17) is 0 Å². The van der Waals surface area contributed by atoms with Crippen LogP contribution in [0.2, 0.25) is 0 Å². The largest absolute Gasteiger partial charge is 0.345 e. The summed E-state index contributed by atoms with van der Waals surface area (Å²) in [5.74, 6) is -7.31. The molecule has 1 aliphatic carbocycles. The van der Waals surface area contributed by atoms with Gasteiger partial charge in [-0.05, 0) is 35.5 Å². The quantitative estimate of drug-likeness (QED) is 0.362. The lowest BCUT2D eigenvalue weighted by Crippen LogP contribution is -2.56. The fraction of sp³-hybridized carbons (Fsp3) is 0.565. The molecule has 1 unspecified atom stereocenters. The molecule has 3 aromatic rings. The molecule has 0 bridgehead atoms. The molecule has 41 heavy (non-hydrogen) atoms. The van der Waals surface area contributed by atoms with Crippen LogP contribution in [-0.2, 0) is 17.9 Å². The molecular formula is C23H24F6N8O4. The molecule has 12 nitrogen and oxygen atoms in total. The van der Waals surface area contributed by atoms with Crippen molar-refractivity contribution in [2.24, 2.45) is 5.92 Å². The van der Waals surface area contributed by atoms with Crippen LogP contribution in [0.4, 0.5) is 31.1 Å². The van der Waals surface area contributed by atoms with Crippen molar-refractivity contribution in [3.8, 4) is 0 Å². The highest BCUT2D eigenvalue weighted by atomic mass is 19.3. The number of nitrogens with zero attached hydrogens (tertiary/aromatic N) is 6. The zero-order valence-corrected chi connectivity index (χ0v) is 21.2. The van der Waals surface area contributed by atoms with Crippen molar-refractivity contribution in [3.63, 3.8) is 0 Å². The molecule has 1 atom stereocenters. The van der Waals surface area contributed by atoms with Crippen LogP contribution in [0.15, 0.2) is 23.1 Å². The van der Waals surface area contributed by atoms with Crippen molar-refractivity contribution in [3.05, 3.63) is 41.1 Å². The maximum absolute atomic E-state index is 13.9. The Labute approximate surface area is 227 Å². The molecule has 1 saturated heterocycles. The highest BCUT2D eigenvalue weighted by Gasteiger charge is 2.40. The lowest BCUT2D eigenvalue weighted by atomic mass is 9.81. The second kappa shape index (κ2) is 11.1. The predicted molar refractivity (Wildman–Crippen MR) is 124 cm³/mol. The van der Waals surface area contributed by atoms with Gasteiger partial charge in [-0.1, -0.05) is 5.16 Å². The molecule has 222 valence electrons. The standard InChI is InChI=1S/C23H24F6N8O4/c24-20(25)40-9-15-18(35-41-34-15)19(38)33-17(13-1-3-22(26,27)4-2-13)14-8-37-16(32-14)5-12(6-31-37)7-36-11-23(28,29)10-30-21(36)39/h5-6,8,13,17,20H,1-4,7,9-11H2,(H,30,39)(H,33,38). The number of imidazole rings is 1. The van der Waals surface area contributed by atoms with Gasteiger partial charge in [0.25, 0.3) is 11.8 Å². The van der Waals surface area contributed by atoms with Crippen LogP contribution in [-0.4, -0.2) is 73.3 Å². The third-order valence-corrected chi connectivity index (χ3v) is 6.93. The smallest absolute Gasteiger partial charge is 0.342 e. The van der Waals surface area contributed by atoms with Gasteiger partial charge in [0.2, 0.25) is 5.92 Å². The van der Waals surface area contributed by atoms with Crippen molar-refractivity contribution in [1.29, 1.82) is 0 Å². The molecule has 2 fully saturated rings. The molecule has 1 aliphatic heterocycles. The van der Waals surface area contributed by atoms with Gasteiger partial charge in [0.15, 0.2) is 11.3 Å². The summed E-state index contributed by atoms with van der Waals surface area (Å²) in [6.07, 6.45) is 2.09. The Hall–Kier alpha value is -3.96. The first-order valence-electron chi connectivity index (χ1n) is 12.5. The molecule has 2 aliphatic rings. The molecule has 0 aromatic carbocycles. The number of hydrogen-bond donors (Lipinski definition) is 2. The van der Waals surface area contributed by atoms with Crippen LogP contribution in [0.5, 0.6) is 0 Å². The van der Waals surface area contributed by atoms with E-state index >= 15 is 0 Å². The van der Waals surface area contributed by atoms with Crippen LogP contribution in [0.1, 0.15) is 59.2 Å². The monoisotopic (exact) mass is 590 g/mol. The zero-order chi connectivity index (χ0) is 29.4. The second-order valence-corrected chi connectivity index (χ2v) is 9.98. The normalized spacial score (nSPS) is 19.9. The SMILES string of the molecule is O=C(NC(c1cn2ncc(CN3CC(F)(F)CNC3=O)cc2n1)C1CCC(F)(F)CC1)c1nonc1COC(F)F. The number of urea groups is 1. The van der Waals surface area contributed by atoms with E-state index in [1.165, 1.54) is 23.0 Å². The van der Waals surface area contributed by atoms with Crippen LogP contribution in [0.3, 0.4) is 0 Å². The summed E-state index contributed by atoms with van der Waals surface area (Å²) in [4.78, 5) is 30.6. The molecule has 1 saturated carbocycles. The summed E-state index contributed by atoms with van der Waals surface area (Å²) in [6.45, 7) is -5.59. The lowest BCUT2D eigenvalue weighted by Gasteiger charge is -2.33. The van der Waals surface area contributed by atoms with Gasteiger partial charge in [-0.25, -0.2) is 36.5 Å². The topological polar surface area (TPSA) is 140 Å². The lowest BCUT2D eigenvalue weighted by molar-refractivity contribution is -0.138. The van der Waals surface area contributed by atoms with Crippen LogP contribution < -0.4 is 10.6 Å². The Morgan fingerprint density at radius 1 is 1.20 bits per heavy atom. The van der Waals surface area contributed by atoms with Crippen LogP contribution in [0.25, 0.3) is 5.65 Å². The first-order valence-corrected chi connectivity index (χ1v) is 12.5. The van der Waals surface area contributed by atoms with E-state index in [0.29, 0.717) is 5.56 Å². The van der Waals surface area contributed by atoms with Crippen molar-refractivity contribution in [2.75, 3.05) is 13.1 Å². The van der Waals surface area contributed by atoms with Gasteiger partial charge in [0.05, 0.1) is 37.2 Å². The fourth-order valence-electron chi connectivity index (χ4n) is 4.90. The number of nitrogens with one attached hydrogen (secondary N) is 2. The van der Waals surface area contributed by atoms with E-state index in [-0.39, 0.29) is 36.4 Å². The van der Waals surface area contributed by atoms with Gasteiger partial charge >= 0.3 is 12.6 Å². The number of carbonyl (C=O) groups excluding carboxylic acids is 2. The Balaban J connectivity index is 1.39. The Bertz CT molecular complexity index is 1410. The molecule has 18 heteroatoms. The van der Waals surface area contributed by atoms with Crippen molar-refractivity contribution in [1.82, 2.24) is 40.4 Å². The van der Waals surface area contributed by atoms with Crippen LogP contribution in [0, 0.1) is 5.92 Å². The first-order chi connectivity index (χ1) is 19.4. The minimum absolute atomic E-state index is 0.0429. The molecule has 3 aromatic heterocycles. The number of amides is 3. The van der Waals surface area contributed by atoms with Crippen molar-refractivity contribution in [2.45, 2.75) is 63.3 Å². The van der Waals surface area contributed by atoms with E-state index in [1.54, 1.807) is 0 Å². The maximum atomic E-state index is 13.9. The predicted octanol–water partition coefficient (Wildman–Crippen LogP) is 3.31. The highest BCUT2D eigenvalue weighted by Crippen LogP contribution is 2.41. The maximum Gasteiger partial charge on any atom is 0.345 e. The van der Waals surface area contributed by atoms with Gasteiger partial charge in [0.1, 0.15) is 12.3 Å². The number of halogens is 6. The number of aromatic nitrogens is 5. The van der Waals surface area contributed by atoms with Gasteiger partial charge in [0, 0.05) is 19.4 Å². The number of fused-ring (bicyclic) bond motifs is 1. The van der Waals surface area contributed by atoms with E-state index in [0.717, 1.165) is 4.90 Å². The van der Waals surface area contributed by atoms with E-state index in [2.05, 4.69) is 40.4 Å². The number of carbonyl (C=O) groups is 2. The molecule has 0 radical (unpaired) electrons. The van der Waals surface area contributed by atoms with E-state index in [1.807, 2.05) is 0 Å². The molecule has 2 N–H and O–H groups in total.